The van der Waals surface area contributed by atoms with Gasteiger partial charge in [0.05, 0.1) is 24.4 Å². The van der Waals surface area contributed by atoms with Crippen LogP contribution in [0.4, 0.5) is 11.5 Å². The number of rotatable bonds is 2. The van der Waals surface area contributed by atoms with E-state index in [0.29, 0.717) is 23.8 Å². The standard InChI is InChI=1S/C22H18ClN3O2/c23-16-5-6-17-18(22(27)25-20(17)13-16)12-15-11-14-3-1-2-4-19(14)24-21(15)26-7-9-28-10-8-26/h1-6,11-13H,7-10H2,(H,25,27)/b18-12+. The van der Waals surface area contributed by atoms with Gasteiger partial charge in [-0.3, -0.25) is 4.79 Å². The molecule has 0 atom stereocenters. The molecular weight excluding hydrogens is 374 g/mol. The first kappa shape index (κ1) is 17.2. The van der Waals surface area contributed by atoms with Crippen LogP contribution < -0.4 is 10.2 Å². The van der Waals surface area contributed by atoms with E-state index in [1.165, 1.54) is 0 Å². The molecular formula is C22H18ClN3O2. The van der Waals surface area contributed by atoms with Crippen molar-refractivity contribution in [3.05, 3.63) is 64.7 Å². The van der Waals surface area contributed by atoms with Gasteiger partial charge in [0.2, 0.25) is 0 Å². The molecule has 0 bridgehead atoms. The van der Waals surface area contributed by atoms with Crippen LogP contribution in [0.25, 0.3) is 22.6 Å². The molecule has 3 aromatic rings. The predicted octanol–water partition coefficient (Wildman–Crippen LogP) is 4.22. The minimum absolute atomic E-state index is 0.127. The van der Waals surface area contributed by atoms with Crippen LogP contribution in [0, 0.1) is 0 Å². The van der Waals surface area contributed by atoms with Gasteiger partial charge in [0, 0.05) is 40.2 Å². The fourth-order valence-corrected chi connectivity index (χ4v) is 3.89. The molecule has 5 nitrogen and oxygen atoms in total. The van der Waals surface area contributed by atoms with Crippen molar-refractivity contribution in [3.63, 3.8) is 0 Å². The van der Waals surface area contributed by atoms with Crippen LogP contribution in [-0.2, 0) is 9.53 Å². The van der Waals surface area contributed by atoms with E-state index in [2.05, 4.69) is 16.3 Å². The van der Waals surface area contributed by atoms with E-state index in [1.807, 2.05) is 36.4 Å². The van der Waals surface area contributed by atoms with Gasteiger partial charge < -0.3 is 15.0 Å². The number of hydrogen-bond acceptors (Lipinski definition) is 4. The van der Waals surface area contributed by atoms with Crippen LogP contribution in [-0.4, -0.2) is 37.2 Å². The summed E-state index contributed by atoms with van der Waals surface area (Å²) in [5.41, 5.74) is 4.09. The smallest absolute Gasteiger partial charge is 0.256 e. The van der Waals surface area contributed by atoms with Crippen LogP contribution in [0.5, 0.6) is 0 Å². The van der Waals surface area contributed by atoms with Crippen molar-refractivity contribution >= 4 is 51.6 Å². The van der Waals surface area contributed by atoms with Crippen molar-refractivity contribution in [3.8, 4) is 0 Å². The van der Waals surface area contributed by atoms with E-state index >= 15 is 0 Å². The number of morpholine rings is 1. The Morgan fingerprint density at radius 2 is 1.93 bits per heavy atom. The Labute approximate surface area is 167 Å². The number of nitrogens with one attached hydrogen (secondary N) is 1. The first-order valence-corrected chi connectivity index (χ1v) is 9.62. The van der Waals surface area contributed by atoms with E-state index in [9.17, 15) is 4.79 Å². The fraction of sp³-hybridized carbons (Fsp3) is 0.182. The summed E-state index contributed by atoms with van der Waals surface area (Å²) in [5, 5.41) is 4.54. The molecule has 1 N–H and O–H groups in total. The Morgan fingerprint density at radius 1 is 1.11 bits per heavy atom. The largest absolute Gasteiger partial charge is 0.378 e. The summed E-state index contributed by atoms with van der Waals surface area (Å²) in [6.07, 6.45) is 1.93. The molecule has 0 unspecified atom stereocenters. The van der Waals surface area contributed by atoms with Crippen molar-refractivity contribution in [2.24, 2.45) is 0 Å². The number of carbonyl (C=O) groups is 1. The highest BCUT2D eigenvalue weighted by atomic mass is 35.5. The summed E-state index contributed by atoms with van der Waals surface area (Å²) in [4.78, 5) is 19.8. The van der Waals surface area contributed by atoms with Gasteiger partial charge in [-0.05, 0) is 30.3 Å². The predicted molar refractivity (Wildman–Crippen MR) is 113 cm³/mol. The van der Waals surface area contributed by atoms with Gasteiger partial charge in [0.15, 0.2) is 0 Å². The number of anilines is 2. The highest BCUT2D eigenvalue weighted by Gasteiger charge is 2.25. The zero-order valence-electron chi connectivity index (χ0n) is 15.1. The molecule has 0 saturated carbocycles. The average Bonchev–Trinajstić information content (AvgIpc) is 3.02. The van der Waals surface area contributed by atoms with Crippen molar-refractivity contribution in [2.45, 2.75) is 0 Å². The van der Waals surface area contributed by atoms with Crippen molar-refractivity contribution in [2.75, 3.05) is 36.5 Å². The molecule has 6 heteroatoms. The topological polar surface area (TPSA) is 54.5 Å². The van der Waals surface area contributed by atoms with Crippen molar-refractivity contribution < 1.29 is 9.53 Å². The normalized spacial score (nSPS) is 17.8. The maximum absolute atomic E-state index is 12.6. The van der Waals surface area contributed by atoms with Crippen molar-refractivity contribution in [1.29, 1.82) is 0 Å². The van der Waals surface area contributed by atoms with E-state index in [1.54, 1.807) is 12.1 Å². The molecule has 3 heterocycles. The van der Waals surface area contributed by atoms with E-state index in [0.717, 1.165) is 46.6 Å². The molecule has 2 aliphatic heterocycles. The molecule has 2 aromatic carbocycles. The minimum atomic E-state index is -0.127. The lowest BCUT2D eigenvalue weighted by molar-refractivity contribution is -0.110. The van der Waals surface area contributed by atoms with E-state index in [-0.39, 0.29) is 5.91 Å². The van der Waals surface area contributed by atoms with Gasteiger partial charge in [-0.15, -0.1) is 0 Å². The molecule has 140 valence electrons. The second kappa shape index (κ2) is 6.93. The maximum Gasteiger partial charge on any atom is 0.256 e. The van der Waals surface area contributed by atoms with Crippen molar-refractivity contribution in [1.82, 2.24) is 4.98 Å². The number of ether oxygens (including phenoxy) is 1. The zero-order chi connectivity index (χ0) is 19.1. The summed E-state index contributed by atoms with van der Waals surface area (Å²) in [6, 6.07) is 15.6. The van der Waals surface area contributed by atoms with Crippen LogP contribution in [0.2, 0.25) is 5.02 Å². The first-order chi connectivity index (χ1) is 13.7. The van der Waals surface area contributed by atoms with Gasteiger partial charge in [0.25, 0.3) is 5.91 Å². The van der Waals surface area contributed by atoms with Crippen LogP contribution in [0.3, 0.4) is 0 Å². The summed E-state index contributed by atoms with van der Waals surface area (Å²) in [5.74, 6) is 0.753. The lowest BCUT2D eigenvalue weighted by Gasteiger charge is -2.29. The summed E-state index contributed by atoms with van der Waals surface area (Å²) in [7, 11) is 0. The summed E-state index contributed by atoms with van der Waals surface area (Å²) >= 11 is 6.07. The molecule has 0 aliphatic carbocycles. The first-order valence-electron chi connectivity index (χ1n) is 9.24. The number of pyridine rings is 1. The minimum Gasteiger partial charge on any atom is -0.378 e. The molecule has 0 spiro atoms. The SMILES string of the molecule is O=C1Nc2cc(Cl)ccc2/C1=C\c1cc2ccccc2nc1N1CCOCC1. The molecule has 28 heavy (non-hydrogen) atoms. The monoisotopic (exact) mass is 391 g/mol. The van der Waals surface area contributed by atoms with Gasteiger partial charge in [-0.25, -0.2) is 4.98 Å². The fourth-order valence-electron chi connectivity index (χ4n) is 3.72. The summed E-state index contributed by atoms with van der Waals surface area (Å²) in [6.45, 7) is 2.90. The number of nitrogens with zero attached hydrogens (tertiary/aromatic N) is 2. The molecule has 0 radical (unpaired) electrons. The lowest BCUT2D eigenvalue weighted by Crippen LogP contribution is -2.37. The number of benzene rings is 2. The zero-order valence-corrected chi connectivity index (χ0v) is 15.9. The van der Waals surface area contributed by atoms with Crippen LogP contribution in [0.15, 0.2) is 48.5 Å². The third kappa shape index (κ3) is 3.03. The third-order valence-corrected chi connectivity index (χ3v) is 5.34. The average molecular weight is 392 g/mol. The Bertz CT molecular complexity index is 1120. The Morgan fingerprint density at radius 3 is 2.79 bits per heavy atom. The quantitative estimate of drug-likeness (QED) is 0.664. The van der Waals surface area contributed by atoms with Gasteiger partial charge in [-0.2, -0.15) is 0 Å². The molecule has 5 rings (SSSR count). The number of hydrogen-bond donors (Lipinski definition) is 1. The number of amides is 1. The molecule has 2 aliphatic rings. The Balaban J connectivity index is 1.67. The maximum atomic E-state index is 12.6. The van der Waals surface area contributed by atoms with E-state index in [4.69, 9.17) is 21.3 Å². The third-order valence-electron chi connectivity index (χ3n) is 5.11. The molecule has 1 saturated heterocycles. The Hall–Kier alpha value is -2.89. The molecule has 1 fully saturated rings. The van der Waals surface area contributed by atoms with Crippen LogP contribution in [0.1, 0.15) is 11.1 Å². The van der Waals surface area contributed by atoms with Crippen LogP contribution >= 0.6 is 11.6 Å². The second-order valence-corrected chi connectivity index (χ2v) is 7.33. The molecule has 1 amide bonds. The number of fused-ring (bicyclic) bond motifs is 2. The van der Waals surface area contributed by atoms with Gasteiger partial charge >= 0.3 is 0 Å². The highest BCUT2D eigenvalue weighted by molar-refractivity contribution is 6.36. The molecule has 1 aromatic heterocycles. The van der Waals surface area contributed by atoms with Gasteiger partial charge in [0.1, 0.15) is 5.82 Å². The Kier molecular flexibility index (Phi) is 4.26. The second-order valence-electron chi connectivity index (χ2n) is 6.90. The highest BCUT2D eigenvalue weighted by Crippen LogP contribution is 2.36. The number of halogens is 1. The summed E-state index contributed by atoms with van der Waals surface area (Å²) < 4.78 is 5.50. The lowest BCUT2D eigenvalue weighted by atomic mass is 10.0. The van der Waals surface area contributed by atoms with E-state index < -0.39 is 0 Å². The number of aromatic nitrogens is 1. The number of carbonyl (C=O) groups excluding carboxylic acids is 1. The van der Waals surface area contributed by atoms with Gasteiger partial charge in [-0.1, -0.05) is 35.9 Å². The number of para-hydroxylation sites is 1.